The standard InChI is InChI=1S/C8H16ClNO2/c1-7(6-11)10-8(12)4-2-3-5-9/h7,11H,2-6H2,1H3,(H,10,12). The minimum Gasteiger partial charge on any atom is -0.394 e. The molecule has 0 saturated heterocycles. The number of carbonyl (C=O) groups excluding carboxylic acids is 1. The lowest BCUT2D eigenvalue weighted by atomic mass is 10.2. The molecule has 1 unspecified atom stereocenters. The van der Waals surface area contributed by atoms with Crippen LogP contribution in [0.1, 0.15) is 26.2 Å². The Labute approximate surface area is 78.1 Å². The van der Waals surface area contributed by atoms with Crippen molar-refractivity contribution in [1.82, 2.24) is 5.32 Å². The number of hydrogen-bond donors (Lipinski definition) is 2. The quantitative estimate of drug-likeness (QED) is 0.486. The summed E-state index contributed by atoms with van der Waals surface area (Å²) in [6.07, 6.45) is 2.17. The van der Waals surface area contributed by atoms with Crippen LogP contribution >= 0.6 is 11.6 Å². The number of hydrogen-bond acceptors (Lipinski definition) is 2. The Bertz CT molecular complexity index is 130. The molecule has 0 aliphatic heterocycles. The van der Waals surface area contributed by atoms with Gasteiger partial charge in [0.15, 0.2) is 0 Å². The number of aliphatic hydroxyl groups is 1. The van der Waals surface area contributed by atoms with Crippen LogP contribution in [0.15, 0.2) is 0 Å². The second kappa shape index (κ2) is 7.37. The summed E-state index contributed by atoms with van der Waals surface area (Å²) in [6.45, 7) is 1.75. The Morgan fingerprint density at radius 3 is 2.75 bits per heavy atom. The molecule has 0 aromatic rings. The third-order valence-corrected chi connectivity index (χ3v) is 1.74. The van der Waals surface area contributed by atoms with Crippen LogP contribution in [0.5, 0.6) is 0 Å². The average Bonchev–Trinajstić information content (AvgIpc) is 2.05. The number of carbonyl (C=O) groups is 1. The first-order valence-electron chi connectivity index (χ1n) is 4.17. The first kappa shape index (κ1) is 11.7. The molecule has 0 saturated carbocycles. The van der Waals surface area contributed by atoms with Crippen molar-refractivity contribution in [3.63, 3.8) is 0 Å². The summed E-state index contributed by atoms with van der Waals surface area (Å²) in [4.78, 5) is 11.0. The Balaban J connectivity index is 3.33. The largest absolute Gasteiger partial charge is 0.394 e. The maximum Gasteiger partial charge on any atom is 0.220 e. The molecule has 0 aliphatic carbocycles. The van der Waals surface area contributed by atoms with Crippen molar-refractivity contribution in [2.24, 2.45) is 0 Å². The van der Waals surface area contributed by atoms with E-state index in [2.05, 4.69) is 5.32 Å². The summed E-state index contributed by atoms with van der Waals surface area (Å²) >= 11 is 5.45. The second-order valence-corrected chi connectivity index (χ2v) is 3.18. The van der Waals surface area contributed by atoms with Gasteiger partial charge in [-0.2, -0.15) is 0 Å². The zero-order valence-electron chi connectivity index (χ0n) is 7.35. The van der Waals surface area contributed by atoms with E-state index >= 15 is 0 Å². The number of rotatable bonds is 6. The van der Waals surface area contributed by atoms with Crippen molar-refractivity contribution in [2.75, 3.05) is 12.5 Å². The number of aliphatic hydroxyl groups excluding tert-OH is 1. The van der Waals surface area contributed by atoms with Gasteiger partial charge in [-0.05, 0) is 19.8 Å². The Morgan fingerprint density at radius 1 is 1.58 bits per heavy atom. The molecule has 0 rings (SSSR count). The molecule has 1 amide bonds. The van der Waals surface area contributed by atoms with Crippen molar-refractivity contribution in [3.05, 3.63) is 0 Å². The van der Waals surface area contributed by atoms with Gasteiger partial charge in [0.1, 0.15) is 0 Å². The number of halogens is 1. The highest BCUT2D eigenvalue weighted by Crippen LogP contribution is 1.97. The van der Waals surface area contributed by atoms with Crippen LogP contribution in [0.25, 0.3) is 0 Å². The van der Waals surface area contributed by atoms with Crippen LogP contribution < -0.4 is 5.32 Å². The fraction of sp³-hybridized carbons (Fsp3) is 0.875. The summed E-state index contributed by atoms with van der Waals surface area (Å²) in [7, 11) is 0. The molecular weight excluding hydrogens is 178 g/mol. The van der Waals surface area contributed by atoms with Crippen LogP contribution in [0.4, 0.5) is 0 Å². The van der Waals surface area contributed by atoms with Crippen LogP contribution in [-0.4, -0.2) is 29.5 Å². The molecule has 0 aromatic heterocycles. The summed E-state index contributed by atoms with van der Waals surface area (Å²) in [5.74, 6) is 0.588. The van der Waals surface area contributed by atoms with E-state index in [4.69, 9.17) is 16.7 Å². The van der Waals surface area contributed by atoms with E-state index in [0.29, 0.717) is 12.3 Å². The summed E-state index contributed by atoms with van der Waals surface area (Å²) in [5.41, 5.74) is 0. The first-order chi connectivity index (χ1) is 5.70. The van der Waals surface area contributed by atoms with Crippen molar-refractivity contribution in [1.29, 1.82) is 0 Å². The monoisotopic (exact) mass is 193 g/mol. The lowest BCUT2D eigenvalue weighted by Crippen LogP contribution is -2.34. The molecule has 72 valence electrons. The average molecular weight is 194 g/mol. The maximum absolute atomic E-state index is 11.0. The molecule has 0 fully saturated rings. The van der Waals surface area contributed by atoms with Crippen LogP contribution in [0, 0.1) is 0 Å². The lowest BCUT2D eigenvalue weighted by Gasteiger charge is -2.09. The molecule has 0 heterocycles. The van der Waals surface area contributed by atoms with Gasteiger partial charge in [0.05, 0.1) is 6.61 Å². The van der Waals surface area contributed by atoms with Crippen molar-refractivity contribution >= 4 is 17.5 Å². The highest BCUT2D eigenvalue weighted by molar-refractivity contribution is 6.17. The minimum absolute atomic E-state index is 0.0123. The highest BCUT2D eigenvalue weighted by Gasteiger charge is 2.04. The fourth-order valence-corrected chi connectivity index (χ4v) is 0.962. The first-order valence-corrected chi connectivity index (χ1v) is 4.70. The lowest BCUT2D eigenvalue weighted by molar-refractivity contribution is -0.122. The van der Waals surface area contributed by atoms with Gasteiger partial charge in [0.25, 0.3) is 0 Å². The van der Waals surface area contributed by atoms with Gasteiger partial charge in [0, 0.05) is 18.3 Å². The molecule has 4 heteroatoms. The SMILES string of the molecule is CC(CO)NC(=O)CCCCCl. The van der Waals surface area contributed by atoms with E-state index in [9.17, 15) is 4.79 Å². The predicted octanol–water partition coefficient (Wildman–Crippen LogP) is 0.892. The number of alkyl halides is 1. The van der Waals surface area contributed by atoms with E-state index < -0.39 is 0 Å². The van der Waals surface area contributed by atoms with Crippen LogP contribution in [-0.2, 0) is 4.79 Å². The summed E-state index contributed by atoms with van der Waals surface area (Å²) in [6, 6.07) is -0.145. The fourth-order valence-electron chi connectivity index (χ4n) is 0.773. The molecule has 3 nitrogen and oxygen atoms in total. The topological polar surface area (TPSA) is 49.3 Å². The third kappa shape index (κ3) is 6.43. The number of amides is 1. The van der Waals surface area contributed by atoms with Gasteiger partial charge in [-0.1, -0.05) is 0 Å². The van der Waals surface area contributed by atoms with E-state index in [1.165, 1.54) is 0 Å². The summed E-state index contributed by atoms with van der Waals surface area (Å²) < 4.78 is 0. The molecule has 12 heavy (non-hydrogen) atoms. The zero-order valence-corrected chi connectivity index (χ0v) is 8.10. The van der Waals surface area contributed by atoms with Crippen LogP contribution in [0.2, 0.25) is 0 Å². The minimum atomic E-state index is -0.145. The van der Waals surface area contributed by atoms with E-state index in [1.54, 1.807) is 6.92 Å². The smallest absolute Gasteiger partial charge is 0.220 e. The zero-order chi connectivity index (χ0) is 9.40. The van der Waals surface area contributed by atoms with Gasteiger partial charge < -0.3 is 10.4 Å². The molecular formula is C8H16ClNO2. The normalized spacial score (nSPS) is 12.6. The Hall–Kier alpha value is -0.280. The second-order valence-electron chi connectivity index (χ2n) is 2.80. The molecule has 0 spiro atoms. The Morgan fingerprint density at radius 2 is 2.25 bits per heavy atom. The Kier molecular flexibility index (Phi) is 7.20. The van der Waals surface area contributed by atoms with E-state index in [1.807, 2.05) is 0 Å². The molecule has 2 N–H and O–H groups in total. The van der Waals surface area contributed by atoms with Crippen LogP contribution in [0.3, 0.4) is 0 Å². The van der Waals surface area contributed by atoms with E-state index in [0.717, 1.165) is 12.8 Å². The van der Waals surface area contributed by atoms with Gasteiger partial charge >= 0.3 is 0 Å². The van der Waals surface area contributed by atoms with Gasteiger partial charge in [-0.3, -0.25) is 4.79 Å². The van der Waals surface area contributed by atoms with Gasteiger partial charge in [-0.25, -0.2) is 0 Å². The maximum atomic E-state index is 11.0. The van der Waals surface area contributed by atoms with Crippen molar-refractivity contribution < 1.29 is 9.90 Å². The third-order valence-electron chi connectivity index (χ3n) is 1.47. The summed E-state index contributed by atoms with van der Waals surface area (Å²) in [5, 5.41) is 11.3. The number of unbranched alkanes of at least 4 members (excludes halogenated alkanes) is 1. The molecule has 0 aliphatic rings. The van der Waals surface area contributed by atoms with E-state index in [-0.39, 0.29) is 18.6 Å². The number of nitrogens with one attached hydrogen (secondary N) is 1. The molecule has 0 bridgehead atoms. The van der Waals surface area contributed by atoms with Crippen molar-refractivity contribution in [2.45, 2.75) is 32.2 Å². The van der Waals surface area contributed by atoms with Crippen molar-refractivity contribution in [3.8, 4) is 0 Å². The molecule has 1 atom stereocenters. The molecule has 0 aromatic carbocycles. The molecule has 0 radical (unpaired) electrons. The van der Waals surface area contributed by atoms with Gasteiger partial charge in [0.2, 0.25) is 5.91 Å². The predicted molar refractivity (Wildman–Crippen MR) is 49.3 cm³/mol. The van der Waals surface area contributed by atoms with Gasteiger partial charge in [-0.15, -0.1) is 11.6 Å². The highest BCUT2D eigenvalue weighted by atomic mass is 35.5.